The highest BCUT2D eigenvalue weighted by molar-refractivity contribution is 6.34. The first kappa shape index (κ1) is 34.6. The number of nitrogens with zero attached hydrogens (tertiary/aromatic N) is 2. The Hall–Kier alpha value is -4.43. The quantitative estimate of drug-likeness (QED) is 0.131. The van der Waals surface area contributed by atoms with Crippen LogP contribution in [0.25, 0.3) is 0 Å². The van der Waals surface area contributed by atoms with Crippen molar-refractivity contribution in [3.05, 3.63) is 0 Å². The molecule has 0 bridgehead atoms. The molecule has 214 valence electrons. The molecule has 0 unspecified atom stereocenters. The van der Waals surface area contributed by atoms with Crippen LogP contribution in [-0.2, 0) is 47.9 Å². The van der Waals surface area contributed by atoms with Gasteiger partial charge >= 0.3 is 5.97 Å². The lowest BCUT2D eigenvalue weighted by Gasteiger charge is -2.58. The Morgan fingerprint density at radius 1 is 0.538 bits per heavy atom. The molecule has 1 atom stereocenters. The van der Waals surface area contributed by atoms with Crippen LogP contribution in [0.1, 0.15) is 62.3 Å². The topological polar surface area (TPSA) is 259 Å². The highest BCUT2D eigenvalue weighted by Gasteiger charge is 2.86. The standard InChI is InChI=1S/C24H32N4O11/c1-10(29)21(11(2)30,23(14(5)33,15(6)34)27-20(25)26)22(12(3)31,13(4)32)24(16(7)35,19(38)39)28(17(8)36)18(9)37/h1-9H3,(H,38,39)(H4,25,26,27)/t24-/m1/s1. The van der Waals surface area contributed by atoms with Crippen LogP contribution in [0.3, 0.4) is 0 Å². The molecular formula is C24H32N4O11. The Balaban J connectivity index is 9.88. The van der Waals surface area contributed by atoms with E-state index in [1.54, 1.807) is 0 Å². The summed E-state index contributed by atoms with van der Waals surface area (Å²) in [7, 11) is 0. The molecule has 0 saturated heterocycles. The van der Waals surface area contributed by atoms with Crippen molar-refractivity contribution in [3.63, 3.8) is 0 Å². The van der Waals surface area contributed by atoms with Gasteiger partial charge in [0.15, 0.2) is 28.7 Å². The summed E-state index contributed by atoms with van der Waals surface area (Å²) < 4.78 is 0. The third-order valence-corrected chi connectivity index (χ3v) is 6.86. The molecule has 0 aliphatic heterocycles. The fourth-order valence-corrected chi connectivity index (χ4v) is 6.01. The average Bonchev–Trinajstić information content (AvgIpc) is 2.71. The average molecular weight is 553 g/mol. The number of carboxylic acid groups (broad SMARTS) is 1. The molecule has 0 aromatic rings. The molecular weight excluding hydrogens is 520 g/mol. The maximum atomic E-state index is 13.8. The lowest BCUT2D eigenvalue weighted by Crippen LogP contribution is -2.85. The fourth-order valence-electron chi connectivity index (χ4n) is 6.01. The second-order valence-electron chi connectivity index (χ2n) is 9.03. The van der Waals surface area contributed by atoms with Gasteiger partial charge in [-0.3, -0.25) is 48.1 Å². The highest BCUT2D eigenvalue weighted by Crippen LogP contribution is 2.60. The van der Waals surface area contributed by atoms with Crippen molar-refractivity contribution in [1.82, 2.24) is 4.90 Å². The van der Waals surface area contributed by atoms with Gasteiger partial charge in [-0.2, -0.15) is 0 Å². The number of rotatable bonds is 13. The van der Waals surface area contributed by atoms with Crippen molar-refractivity contribution >= 4 is 64.2 Å². The number of aliphatic carboxylic acids is 1. The van der Waals surface area contributed by atoms with Gasteiger partial charge in [-0.25, -0.2) is 9.79 Å². The smallest absolute Gasteiger partial charge is 0.339 e. The minimum Gasteiger partial charge on any atom is -0.479 e. The van der Waals surface area contributed by atoms with Crippen molar-refractivity contribution in [1.29, 1.82) is 0 Å². The van der Waals surface area contributed by atoms with Crippen LogP contribution in [0, 0.1) is 10.8 Å². The van der Waals surface area contributed by atoms with Gasteiger partial charge in [0.2, 0.25) is 22.9 Å². The van der Waals surface area contributed by atoms with E-state index < -0.39 is 86.1 Å². The number of imide groups is 1. The normalized spacial score (nSPS) is 13.3. The van der Waals surface area contributed by atoms with Crippen LogP contribution < -0.4 is 11.5 Å². The van der Waals surface area contributed by atoms with Gasteiger partial charge in [0.25, 0.3) is 0 Å². The van der Waals surface area contributed by atoms with E-state index in [4.69, 9.17) is 11.5 Å². The lowest BCUT2D eigenvalue weighted by atomic mass is 9.40. The minimum absolute atomic E-state index is 0.276. The Morgan fingerprint density at radius 2 is 0.846 bits per heavy atom. The van der Waals surface area contributed by atoms with Gasteiger partial charge in [0.05, 0.1) is 0 Å². The van der Waals surface area contributed by atoms with Gasteiger partial charge in [-0.1, -0.05) is 0 Å². The summed E-state index contributed by atoms with van der Waals surface area (Å²) >= 11 is 0. The zero-order valence-corrected chi connectivity index (χ0v) is 23.1. The van der Waals surface area contributed by atoms with Crippen molar-refractivity contribution in [2.45, 2.75) is 73.4 Å². The number of carbonyl (C=O) groups is 10. The number of carbonyl (C=O) groups excluding carboxylic acids is 9. The summed E-state index contributed by atoms with van der Waals surface area (Å²) in [4.78, 5) is 137. The largest absolute Gasteiger partial charge is 0.479 e. The van der Waals surface area contributed by atoms with Crippen molar-refractivity contribution in [3.8, 4) is 0 Å². The van der Waals surface area contributed by atoms with E-state index >= 15 is 0 Å². The number of Topliss-reactive ketones (excluding diaryl/α,β-unsaturated/α-hetero) is 7. The molecule has 0 saturated carbocycles. The van der Waals surface area contributed by atoms with Crippen LogP contribution in [0.2, 0.25) is 0 Å². The zero-order valence-electron chi connectivity index (χ0n) is 23.1. The second-order valence-corrected chi connectivity index (χ2v) is 9.03. The molecule has 5 N–H and O–H groups in total. The first-order chi connectivity index (χ1) is 17.5. The summed E-state index contributed by atoms with van der Waals surface area (Å²) in [5.74, 6) is -18.3. The number of aliphatic imine (C=N–C) groups is 1. The summed E-state index contributed by atoms with van der Waals surface area (Å²) in [6.45, 7) is 4.96. The van der Waals surface area contributed by atoms with Crippen molar-refractivity contribution < 1.29 is 53.1 Å². The van der Waals surface area contributed by atoms with E-state index in [-0.39, 0.29) is 4.90 Å². The van der Waals surface area contributed by atoms with E-state index in [1.165, 1.54) is 0 Å². The molecule has 0 aromatic heterocycles. The van der Waals surface area contributed by atoms with E-state index in [9.17, 15) is 53.1 Å². The summed E-state index contributed by atoms with van der Waals surface area (Å²) in [5.41, 5.74) is -4.41. The SMILES string of the molecule is CC(=O)N(C(C)=O)[C@](C(C)=O)(C(=O)O)C(C(C)=O)(C(C)=O)C(C(C)=O)(C(C)=O)C(N=C(N)N)(C(C)=O)C(C)=O. The maximum Gasteiger partial charge on any atom is 0.339 e. The molecule has 15 heteroatoms. The zero-order chi connectivity index (χ0) is 31.6. The summed E-state index contributed by atoms with van der Waals surface area (Å²) in [6, 6.07) is 0. The van der Waals surface area contributed by atoms with E-state index in [0.29, 0.717) is 62.3 Å². The third kappa shape index (κ3) is 4.17. The van der Waals surface area contributed by atoms with Crippen LogP contribution in [-0.4, -0.2) is 85.3 Å². The minimum atomic E-state index is -4.01. The predicted molar refractivity (Wildman–Crippen MR) is 132 cm³/mol. The van der Waals surface area contributed by atoms with E-state index in [2.05, 4.69) is 4.99 Å². The number of guanidine groups is 1. The van der Waals surface area contributed by atoms with Crippen LogP contribution in [0.5, 0.6) is 0 Å². The van der Waals surface area contributed by atoms with Gasteiger partial charge in [0, 0.05) is 13.8 Å². The van der Waals surface area contributed by atoms with Crippen LogP contribution >= 0.6 is 0 Å². The molecule has 15 nitrogen and oxygen atoms in total. The van der Waals surface area contributed by atoms with Gasteiger partial charge < -0.3 is 16.6 Å². The lowest BCUT2D eigenvalue weighted by molar-refractivity contribution is -0.200. The first-order valence-electron chi connectivity index (χ1n) is 11.2. The Kier molecular flexibility index (Phi) is 9.86. The summed E-state index contributed by atoms with van der Waals surface area (Å²) in [6.07, 6.45) is 0. The molecule has 0 fully saturated rings. The first-order valence-corrected chi connectivity index (χ1v) is 11.2. The Bertz CT molecular complexity index is 1170. The number of nitrogens with two attached hydrogens (primary N) is 2. The molecule has 0 aromatic carbocycles. The molecule has 2 amide bonds. The van der Waals surface area contributed by atoms with E-state index in [0.717, 1.165) is 0 Å². The Morgan fingerprint density at radius 3 is 1.00 bits per heavy atom. The monoisotopic (exact) mass is 552 g/mol. The molecule has 0 rings (SSSR count). The van der Waals surface area contributed by atoms with Crippen molar-refractivity contribution in [2.75, 3.05) is 0 Å². The molecule has 0 heterocycles. The number of carboxylic acids is 1. The Labute approximate surface area is 223 Å². The number of hydrogen-bond acceptors (Lipinski definition) is 11. The van der Waals surface area contributed by atoms with Crippen LogP contribution in [0.15, 0.2) is 4.99 Å². The molecule has 0 aliphatic carbocycles. The molecule has 0 aliphatic rings. The summed E-state index contributed by atoms with van der Waals surface area (Å²) in [5, 5.41) is 10.6. The van der Waals surface area contributed by atoms with Gasteiger partial charge in [0.1, 0.15) is 28.5 Å². The molecule has 39 heavy (non-hydrogen) atoms. The number of ketones is 7. The number of hydrogen-bond donors (Lipinski definition) is 3. The van der Waals surface area contributed by atoms with Gasteiger partial charge in [-0.05, 0) is 48.5 Å². The number of amides is 2. The van der Waals surface area contributed by atoms with Gasteiger partial charge in [-0.15, -0.1) is 0 Å². The highest BCUT2D eigenvalue weighted by atomic mass is 16.4. The predicted octanol–water partition coefficient (Wildman–Crippen LogP) is -1.69. The van der Waals surface area contributed by atoms with E-state index in [1.807, 2.05) is 0 Å². The van der Waals surface area contributed by atoms with Crippen LogP contribution in [0.4, 0.5) is 0 Å². The fraction of sp³-hybridized carbons (Fsp3) is 0.542. The third-order valence-electron chi connectivity index (χ3n) is 6.86. The second kappa shape index (κ2) is 11.1. The van der Waals surface area contributed by atoms with Crippen molar-refractivity contribution in [2.24, 2.45) is 27.3 Å². The molecule has 0 spiro atoms. The maximum absolute atomic E-state index is 13.8. The molecule has 0 radical (unpaired) electrons.